The van der Waals surface area contributed by atoms with Crippen LogP contribution in [0.2, 0.25) is 0 Å². The lowest BCUT2D eigenvalue weighted by Gasteiger charge is -2.26. The molecule has 2 aliphatic rings. The molecule has 7 heteroatoms. The van der Waals surface area contributed by atoms with Gasteiger partial charge in [-0.2, -0.15) is 0 Å². The van der Waals surface area contributed by atoms with Gasteiger partial charge in [0.15, 0.2) is 0 Å². The average Bonchev–Trinajstić information content (AvgIpc) is 3.15. The van der Waals surface area contributed by atoms with Gasteiger partial charge in [0, 0.05) is 17.8 Å². The summed E-state index contributed by atoms with van der Waals surface area (Å²) in [5.74, 6) is -0.750. The van der Waals surface area contributed by atoms with Crippen LogP contribution in [0.25, 0.3) is 0 Å². The number of amides is 1. The number of hydrogen-bond donors (Lipinski definition) is 2. The number of hydrogen-bond acceptors (Lipinski definition) is 5. The van der Waals surface area contributed by atoms with E-state index in [2.05, 4.69) is 6.92 Å². The second-order valence-corrected chi connectivity index (χ2v) is 9.30. The normalized spacial score (nSPS) is 21.9. The molecule has 1 saturated carbocycles. The first-order valence-electron chi connectivity index (χ1n) is 10.3. The van der Waals surface area contributed by atoms with Crippen LogP contribution in [0.4, 0.5) is 0 Å². The Kier molecular flexibility index (Phi) is 7.12. The maximum Gasteiger partial charge on any atom is 0.345 e. The number of rotatable bonds is 12. The highest BCUT2D eigenvalue weighted by molar-refractivity contribution is 7.13. The van der Waals surface area contributed by atoms with Crippen LogP contribution in [0, 0.1) is 5.41 Å². The van der Waals surface area contributed by atoms with Gasteiger partial charge in [-0.1, -0.05) is 13.3 Å². The average molecular weight is 410 g/mol. The zero-order valence-corrected chi connectivity index (χ0v) is 17.4. The van der Waals surface area contributed by atoms with Gasteiger partial charge in [0.1, 0.15) is 4.88 Å². The van der Waals surface area contributed by atoms with E-state index in [0.29, 0.717) is 31.1 Å². The summed E-state index contributed by atoms with van der Waals surface area (Å²) in [5, 5.41) is 19.5. The molecule has 6 nitrogen and oxygen atoms in total. The van der Waals surface area contributed by atoms with Gasteiger partial charge in [-0.15, -0.1) is 11.3 Å². The number of ether oxygens (including phenoxy) is 1. The van der Waals surface area contributed by atoms with Gasteiger partial charge in [0.05, 0.1) is 25.4 Å². The van der Waals surface area contributed by atoms with Crippen molar-refractivity contribution < 1.29 is 24.5 Å². The van der Waals surface area contributed by atoms with Crippen LogP contribution in [0.5, 0.6) is 0 Å². The Morgan fingerprint density at radius 2 is 2.21 bits per heavy atom. The van der Waals surface area contributed by atoms with Crippen LogP contribution in [-0.2, 0) is 16.1 Å². The summed E-state index contributed by atoms with van der Waals surface area (Å²) in [6.07, 6.45) is 7.15. The molecule has 1 aliphatic carbocycles. The summed E-state index contributed by atoms with van der Waals surface area (Å²) >= 11 is 1.22. The molecule has 0 spiro atoms. The fourth-order valence-corrected chi connectivity index (χ4v) is 5.09. The Labute approximate surface area is 170 Å². The summed E-state index contributed by atoms with van der Waals surface area (Å²) in [6.45, 7) is 3.68. The largest absolute Gasteiger partial charge is 0.477 e. The van der Waals surface area contributed by atoms with E-state index >= 15 is 0 Å². The minimum absolute atomic E-state index is 0.0778. The molecule has 28 heavy (non-hydrogen) atoms. The number of thiophene rings is 1. The first kappa shape index (κ1) is 21.3. The van der Waals surface area contributed by atoms with Gasteiger partial charge in [0.2, 0.25) is 5.91 Å². The number of carbonyl (C=O) groups excluding carboxylic acids is 1. The molecule has 0 bridgehead atoms. The molecule has 1 unspecified atom stereocenters. The van der Waals surface area contributed by atoms with Crippen molar-refractivity contribution >= 4 is 23.2 Å². The topological polar surface area (TPSA) is 87.1 Å². The lowest BCUT2D eigenvalue weighted by atomic mass is 9.90. The number of carbonyl (C=O) groups is 2. The molecule has 1 aromatic rings. The highest BCUT2D eigenvalue weighted by Crippen LogP contribution is 2.53. The van der Waals surface area contributed by atoms with Gasteiger partial charge in [0.25, 0.3) is 0 Å². The fourth-order valence-electron chi connectivity index (χ4n) is 4.31. The molecule has 0 aromatic carbocycles. The molecular weight excluding hydrogens is 378 g/mol. The molecule has 1 aromatic heterocycles. The quantitative estimate of drug-likeness (QED) is 0.550. The molecule has 156 valence electrons. The molecule has 3 rings (SSSR count). The minimum Gasteiger partial charge on any atom is -0.477 e. The molecule has 2 fully saturated rings. The monoisotopic (exact) mass is 409 g/mol. The van der Waals surface area contributed by atoms with Crippen molar-refractivity contribution in [2.75, 3.05) is 13.2 Å². The molecule has 0 radical (unpaired) electrons. The Hall–Kier alpha value is -1.44. The summed E-state index contributed by atoms with van der Waals surface area (Å²) in [7, 11) is 0. The van der Waals surface area contributed by atoms with Crippen molar-refractivity contribution in [2.45, 2.75) is 77.0 Å². The Bertz CT molecular complexity index is 684. The molecule has 2 atom stereocenters. The van der Waals surface area contributed by atoms with Crippen molar-refractivity contribution in [3.63, 3.8) is 0 Å². The summed E-state index contributed by atoms with van der Waals surface area (Å²) in [6, 6.07) is 3.44. The molecule has 1 amide bonds. The van der Waals surface area contributed by atoms with Gasteiger partial charge in [-0.05, 0) is 56.1 Å². The van der Waals surface area contributed by atoms with Crippen molar-refractivity contribution in [1.82, 2.24) is 4.90 Å². The van der Waals surface area contributed by atoms with Crippen LogP contribution >= 0.6 is 11.3 Å². The summed E-state index contributed by atoms with van der Waals surface area (Å²) in [5.41, 5.74) is 0.155. The highest BCUT2D eigenvalue weighted by Gasteiger charge is 2.47. The van der Waals surface area contributed by atoms with Gasteiger partial charge in [-0.25, -0.2) is 4.79 Å². The van der Waals surface area contributed by atoms with Crippen molar-refractivity contribution in [1.29, 1.82) is 0 Å². The van der Waals surface area contributed by atoms with E-state index in [1.54, 1.807) is 12.1 Å². The van der Waals surface area contributed by atoms with Crippen LogP contribution in [0.15, 0.2) is 12.1 Å². The Morgan fingerprint density at radius 1 is 1.43 bits per heavy atom. The summed E-state index contributed by atoms with van der Waals surface area (Å²) in [4.78, 5) is 26.3. The Morgan fingerprint density at radius 3 is 2.86 bits per heavy atom. The molecule has 1 aliphatic heterocycles. The molecule has 2 N–H and O–H groups in total. The highest BCUT2D eigenvalue weighted by atomic mass is 32.1. The SMILES string of the molecule is CCCC1(C(O)CCCN2C(=O)CC[C@@H]2COCc2ccc(C(=O)O)s2)CC1. The number of aliphatic hydroxyl groups is 1. The lowest BCUT2D eigenvalue weighted by molar-refractivity contribution is -0.130. The zero-order chi connectivity index (χ0) is 20.1. The lowest BCUT2D eigenvalue weighted by Crippen LogP contribution is -2.37. The number of carboxylic acid groups (broad SMARTS) is 1. The number of aromatic carboxylic acids is 1. The predicted molar refractivity (Wildman–Crippen MR) is 107 cm³/mol. The first-order valence-corrected chi connectivity index (χ1v) is 11.1. The van der Waals surface area contributed by atoms with Crippen molar-refractivity contribution in [2.24, 2.45) is 5.41 Å². The van der Waals surface area contributed by atoms with E-state index in [-0.39, 0.29) is 23.5 Å². The van der Waals surface area contributed by atoms with E-state index in [9.17, 15) is 14.7 Å². The van der Waals surface area contributed by atoms with Crippen molar-refractivity contribution in [3.8, 4) is 0 Å². The molecular formula is C21H31NO5S. The second-order valence-electron chi connectivity index (χ2n) is 8.14. The number of aliphatic hydroxyl groups excluding tert-OH is 1. The third-order valence-electron chi connectivity index (χ3n) is 6.10. The second kappa shape index (κ2) is 9.37. The maximum atomic E-state index is 12.2. The minimum atomic E-state index is -0.919. The van der Waals surface area contributed by atoms with Gasteiger partial charge in [-0.3, -0.25) is 4.79 Å². The number of nitrogens with zero attached hydrogens (tertiary/aromatic N) is 1. The zero-order valence-electron chi connectivity index (χ0n) is 16.6. The maximum absolute atomic E-state index is 12.2. The third kappa shape index (κ3) is 5.13. The number of likely N-dealkylation sites (tertiary alicyclic amines) is 1. The molecule has 2 heterocycles. The predicted octanol–water partition coefficient (Wildman–Crippen LogP) is 3.68. The van der Waals surface area contributed by atoms with Crippen molar-refractivity contribution in [3.05, 3.63) is 21.9 Å². The van der Waals surface area contributed by atoms with Crippen LogP contribution in [0.3, 0.4) is 0 Å². The van der Waals surface area contributed by atoms with E-state index in [1.807, 2.05) is 4.90 Å². The smallest absolute Gasteiger partial charge is 0.345 e. The van der Waals surface area contributed by atoms with Crippen LogP contribution < -0.4 is 0 Å². The van der Waals surface area contributed by atoms with Gasteiger partial charge >= 0.3 is 5.97 Å². The summed E-state index contributed by atoms with van der Waals surface area (Å²) < 4.78 is 5.77. The van der Waals surface area contributed by atoms with E-state index in [0.717, 1.165) is 49.8 Å². The fraction of sp³-hybridized carbons (Fsp3) is 0.714. The first-order chi connectivity index (χ1) is 13.4. The Balaban J connectivity index is 1.40. The van der Waals surface area contributed by atoms with E-state index < -0.39 is 5.97 Å². The molecule has 1 saturated heterocycles. The van der Waals surface area contributed by atoms with E-state index in [4.69, 9.17) is 9.84 Å². The third-order valence-corrected chi connectivity index (χ3v) is 7.15. The standard InChI is InChI=1S/C21H31NO5S/c1-2-9-21(10-11-21)18(23)4-3-12-22-15(5-8-19(22)24)13-27-14-16-6-7-17(28-16)20(25)26/h6-7,15,18,23H,2-5,8-14H2,1H3,(H,25,26)/t15-,18?/m1/s1. The van der Waals surface area contributed by atoms with E-state index in [1.165, 1.54) is 11.3 Å². The number of carboxylic acids is 1. The van der Waals surface area contributed by atoms with Crippen LogP contribution in [0.1, 0.15) is 72.8 Å². The van der Waals surface area contributed by atoms with Gasteiger partial charge < -0.3 is 19.8 Å². The van der Waals surface area contributed by atoms with Crippen LogP contribution in [-0.4, -0.2) is 52.3 Å².